The van der Waals surface area contributed by atoms with Gasteiger partial charge in [-0.05, 0) is 48.5 Å². The summed E-state index contributed by atoms with van der Waals surface area (Å²) in [6.07, 6.45) is 4.81. The van der Waals surface area contributed by atoms with Crippen molar-refractivity contribution in [3.05, 3.63) is 60.9 Å². The summed E-state index contributed by atoms with van der Waals surface area (Å²) < 4.78 is 25.0. The molecule has 126 valence electrons. The Morgan fingerprint density at radius 3 is 2.48 bits per heavy atom. The van der Waals surface area contributed by atoms with E-state index in [-0.39, 0.29) is 0 Å². The second-order valence-electron chi connectivity index (χ2n) is 5.83. The van der Waals surface area contributed by atoms with E-state index in [1.54, 1.807) is 18.3 Å². The van der Waals surface area contributed by atoms with Crippen LogP contribution < -0.4 is 10.0 Å². The Labute approximate surface area is 145 Å². The van der Waals surface area contributed by atoms with Gasteiger partial charge in [-0.3, -0.25) is 9.71 Å². The van der Waals surface area contributed by atoms with Gasteiger partial charge in [-0.15, -0.1) is 0 Å². The number of pyridine rings is 1. The maximum absolute atomic E-state index is 11.3. The lowest BCUT2D eigenvalue weighted by Crippen LogP contribution is -2.09. The van der Waals surface area contributed by atoms with Crippen molar-refractivity contribution >= 4 is 48.9 Å². The van der Waals surface area contributed by atoms with Crippen LogP contribution in [-0.2, 0) is 10.0 Å². The van der Waals surface area contributed by atoms with E-state index in [1.165, 1.54) is 0 Å². The normalized spacial score (nSPS) is 11.7. The molecule has 0 unspecified atom stereocenters. The van der Waals surface area contributed by atoms with E-state index in [1.807, 2.05) is 42.6 Å². The zero-order valence-electron chi connectivity index (χ0n) is 13.4. The van der Waals surface area contributed by atoms with Crippen LogP contribution in [0.4, 0.5) is 17.1 Å². The van der Waals surface area contributed by atoms with Crippen LogP contribution in [0, 0.1) is 0 Å². The smallest absolute Gasteiger partial charge is 0.229 e. The number of hydrogen-bond donors (Lipinski definition) is 3. The average molecular weight is 352 g/mol. The molecule has 2 aromatic carbocycles. The molecular formula is C18H16N4O2S. The van der Waals surface area contributed by atoms with E-state index in [4.69, 9.17) is 0 Å². The second-order valence-corrected chi connectivity index (χ2v) is 7.58. The summed E-state index contributed by atoms with van der Waals surface area (Å²) in [7, 11) is -3.28. The van der Waals surface area contributed by atoms with Crippen LogP contribution in [0.3, 0.4) is 0 Å². The van der Waals surface area contributed by atoms with Crippen LogP contribution in [0.15, 0.2) is 60.9 Å². The van der Waals surface area contributed by atoms with Crippen LogP contribution >= 0.6 is 0 Å². The summed E-state index contributed by atoms with van der Waals surface area (Å²) in [6, 6.07) is 15.1. The van der Waals surface area contributed by atoms with Gasteiger partial charge in [0.1, 0.15) is 0 Å². The Balaban J connectivity index is 1.72. The number of aromatic amines is 1. The summed E-state index contributed by atoms with van der Waals surface area (Å²) in [5.41, 5.74) is 4.31. The summed E-state index contributed by atoms with van der Waals surface area (Å²) >= 11 is 0. The van der Waals surface area contributed by atoms with Crippen molar-refractivity contribution in [2.45, 2.75) is 0 Å². The van der Waals surface area contributed by atoms with Crippen molar-refractivity contribution in [2.75, 3.05) is 16.3 Å². The van der Waals surface area contributed by atoms with E-state index < -0.39 is 10.0 Å². The first-order valence-electron chi connectivity index (χ1n) is 7.69. The van der Waals surface area contributed by atoms with Gasteiger partial charge in [0.25, 0.3) is 0 Å². The summed E-state index contributed by atoms with van der Waals surface area (Å²) in [5.74, 6) is 0. The number of anilines is 3. The fourth-order valence-corrected chi connectivity index (χ4v) is 3.45. The molecule has 4 aromatic rings. The minimum atomic E-state index is -3.28. The summed E-state index contributed by atoms with van der Waals surface area (Å²) in [4.78, 5) is 7.61. The van der Waals surface area contributed by atoms with Gasteiger partial charge in [-0.1, -0.05) is 0 Å². The molecule has 0 spiro atoms. The van der Waals surface area contributed by atoms with E-state index in [2.05, 4.69) is 20.0 Å². The fourth-order valence-electron chi connectivity index (χ4n) is 2.89. The van der Waals surface area contributed by atoms with Gasteiger partial charge in [0, 0.05) is 45.7 Å². The minimum Gasteiger partial charge on any atom is -0.361 e. The topological polar surface area (TPSA) is 86.9 Å². The highest BCUT2D eigenvalue weighted by Crippen LogP contribution is 2.31. The number of rotatable bonds is 4. The maximum atomic E-state index is 11.3. The van der Waals surface area contributed by atoms with E-state index in [0.717, 1.165) is 39.4 Å². The number of aromatic nitrogens is 2. The minimum absolute atomic E-state index is 0.530. The predicted octanol–water partition coefficient (Wildman–Crippen LogP) is 3.83. The van der Waals surface area contributed by atoms with Crippen molar-refractivity contribution in [3.8, 4) is 0 Å². The molecule has 25 heavy (non-hydrogen) atoms. The van der Waals surface area contributed by atoms with Crippen molar-refractivity contribution in [2.24, 2.45) is 0 Å². The Kier molecular flexibility index (Phi) is 3.58. The lowest BCUT2D eigenvalue weighted by molar-refractivity contribution is 0.607. The first kappa shape index (κ1) is 15.5. The molecule has 2 heterocycles. The Bertz CT molecular complexity index is 1160. The predicted molar refractivity (Wildman–Crippen MR) is 102 cm³/mol. The number of H-pyrrole nitrogens is 1. The zero-order valence-corrected chi connectivity index (χ0v) is 14.3. The highest BCUT2D eigenvalue weighted by Gasteiger charge is 2.08. The largest absolute Gasteiger partial charge is 0.361 e. The molecule has 2 aromatic heterocycles. The first-order valence-corrected chi connectivity index (χ1v) is 9.58. The lowest BCUT2D eigenvalue weighted by Gasteiger charge is -2.12. The monoisotopic (exact) mass is 352 g/mol. The van der Waals surface area contributed by atoms with Crippen molar-refractivity contribution < 1.29 is 8.42 Å². The van der Waals surface area contributed by atoms with Crippen LogP contribution in [-0.4, -0.2) is 24.6 Å². The quantitative estimate of drug-likeness (QED) is 0.521. The van der Waals surface area contributed by atoms with E-state index in [9.17, 15) is 8.42 Å². The van der Waals surface area contributed by atoms with Crippen LogP contribution in [0.25, 0.3) is 21.8 Å². The van der Waals surface area contributed by atoms with Gasteiger partial charge in [0.05, 0.1) is 11.8 Å². The molecule has 0 aliphatic carbocycles. The number of nitrogens with one attached hydrogen (secondary N) is 3. The average Bonchev–Trinajstić information content (AvgIpc) is 3.04. The second kappa shape index (κ2) is 5.78. The molecule has 0 amide bonds. The third-order valence-electron chi connectivity index (χ3n) is 3.90. The Hall–Kier alpha value is -3.06. The summed E-state index contributed by atoms with van der Waals surface area (Å²) in [5, 5.41) is 5.54. The molecule has 6 nitrogen and oxygen atoms in total. The molecule has 0 saturated heterocycles. The molecule has 4 rings (SSSR count). The van der Waals surface area contributed by atoms with Crippen LogP contribution in [0.2, 0.25) is 0 Å². The highest BCUT2D eigenvalue weighted by molar-refractivity contribution is 7.92. The van der Waals surface area contributed by atoms with Gasteiger partial charge in [0.2, 0.25) is 10.0 Å². The number of nitrogens with zero attached hydrogens (tertiary/aromatic N) is 1. The first-order chi connectivity index (χ1) is 12.0. The van der Waals surface area contributed by atoms with Crippen molar-refractivity contribution in [1.82, 2.24) is 9.97 Å². The number of benzene rings is 2. The highest BCUT2D eigenvalue weighted by atomic mass is 32.2. The molecule has 3 N–H and O–H groups in total. The zero-order chi connectivity index (χ0) is 17.4. The van der Waals surface area contributed by atoms with Gasteiger partial charge in [-0.2, -0.15) is 0 Å². The molecule has 0 aliphatic rings. The molecule has 0 radical (unpaired) electrons. The molecule has 0 bridgehead atoms. The maximum Gasteiger partial charge on any atom is 0.229 e. The van der Waals surface area contributed by atoms with Gasteiger partial charge >= 0.3 is 0 Å². The van der Waals surface area contributed by atoms with E-state index >= 15 is 0 Å². The van der Waals surface area contributed by atoms with Crippen molar-refractivity contribution in [1.29, 1.82) is 0 Å². The lowest BCUT2D eigenvalue weighted by atomic mass is 10.1. The standard InChI is InChI=1S/C18H16N4O2S/c1-25(23,24)22-13-4-2-12(3-5-13)21-17-9-11-20-16-7-6-15-14(18(16)17)8-10-19-15/h2-11,20-22H,1H3. The molecular weight excluding hydrogens is 336 g/mol. The molecule has 0 saturated carbocycles. The van der Waals surface area contributed by atoms with Crippen molar-refractivity contribution in [3.63, 3.8) is 0 Å². The molecule has 7 heteroatoms. The number of fused-ring (bicyclic) bond motifs is 3. The van der Waals surface area contributed by atoms with Gasteiger partial charge in [0.15, 0.2) is 0 Å². The molecule has 0 atom stereocenters. The Morgan fingerprint density at radius 2 is 1.72 bits per heavy atom. The Morgan fingerprint density at radius 1 is 0.960 bits per heavy atom. The number of hydrogen-bond acceptors (Lipinski definition) is 4. The van der Waals surface area contributed by atoms with Gasteiger partial charge < -0.3 is 10.3 Å². The van der Waals surface area contributed by atoms with E-state index in [0.29, 0.717) is 5.69 Å². The number of sulfonamides is 1. The fraction of sp³-hybridized carbons (Fsp3) is 0.0556. The third-order valence-corrected chi connectivity index (χ3v) is 4.51. The van der Waals surface area contributed by atoms with Crippen LogP contribution in [0.1, 0.15) is 0 Å². The molecule has 0 fully saturated rings. The van der Waals surface area contributed by atoms with Gasteiger partial charge in [-0.25, -0.2) is 8.42 Å². The third kappa shape index (κ3) is 3.14. The van der Waals surface area contributed by atoms with Crippen LogP contribution in [0.5, 0.6) is 0 Å². The summed E-state index contributed by atoms with van der Waals surface area (Å²) in [6.45, 7) is 0. The SMILES string of the molecule is CS(=O)(=O)Nc1ccc(Nc2cc[nH]c3ccc4nccc4c23)cc1. The molecule has 0 aliphatic heterocycles.